The molecule has 1 aromatic carbocycles. The van der Waals surface area contributed by atoms with E-state index >= 15 is 0 Å². The summed E-state index contributed by atoms with van der Waals surface area (Å²) in [6, 6.07) is 5.63. The Morgan fingerprint density at radius 1 is 1.14 bits per heavy atom. The van der Waals surface area contributed by atoms with Gasteiger partial charge in [-0.2, -0.15) is 0 Å². The summed E-state index contributed by atoms with van der Waals surface area (Å²) in [5, 5.41) is 3.94. The highest BCUT2D eigenvalue weighted by Crippen LogP contribution is 2.41. The van der Waals surface area contributed by atoms with Gasteiger partial charge in [-0.1, -0.05) is 6.92 Å². The molecule has 1 fully saturated rings. The second kappa shape index (κ2) is 10.7. The van der Waals surface area contributed by atoms with Gasteiger partial charge in [0, 0.05) is 36.7 Å². The van der Waals surface area contributed by atoms with Crippen molar-refractivity contribution in [2.75, 3.05) is 47.9 Å². The fourth-order valence-corrected chi connectivity index (χ4v) is 7.02. The van der Waals surface area contributed by atoms with Crippen molar-refractivity contribution in [1.29, 1.82) is 0 Å². The van der Waals surface area contributed by atoms with Crippen LogP contribution >= 0.6 is 23.1 Å². The summed E-state index contributed by atoms with van der Waals surface area (Å²) >= 11 is 3.11. The van der Waals surface area contributed by atoms with E-state index in [1.165, 1.54) is 58.3 Å². The van der Waals surface area contributed by atoms with Crippen molar-refractivity contribution in [2.24, 2.45) is 5.92 Å². The molecule has 3 aromatic rings. The fraction of sp³-hybridized carbons (Fsp3) is 0.462. The molecule has 1 saturated heterocycles. The Hall–Kier alpha value is -2.72. The minimum atomic E-state index is -0.350. The van der Waals surface area contributed by atoms with Gasteiger partial charge in [-0.3, -0.25) is 9.59 Å². The van der Waals surface area contributed by atoms with Crippen molar-refractivity contribution in [2.45, 2.75) is 33.1 Å². The molecule has 36 heavy (non-hydrogen) atoms. The van der Waals surface area contributed by atoms with Crippen LogP contribution in [0.1, 0.15) is 29.6 Å². The number of benzene rings is 1. The van der Waals surface area contributed by atoms with Crippen LogP contribution in [0.15, 0.2) is 24.3 Å². The molecular formula is C26H30FN5O2S2. The molecule has 2 aromatic heterocycles. The van der Waals surface area contributed by atoms with Gasteiger partial charge in [0.25, 0.3) is 0 Å². The van der Waals surface area contributed by atoms with Crippen molar-refractivity contribution < 1.29 is 14.0 Å². The number of carbonyl (C=O) groups excluding carboxylic acids is 2. The number of anilines is 2. The first kappa shape index (κ1) is 25.0. The Morgan fingerprint density at radius 2 is 1.89 bits per heavy atom. The van der Waals surface area contributed by atoms with Gasteiger partial charge in [0.2, 0.25) is 11.8 Å². The van der Waals surface area contributed by atoms with Crippen LogP contribution in [0.5, 0.6) is 0 Å². The summed E-state index contributed by atoms with van der Waals surface area (Å²) in [5.41, 5.74) is 1.97. The summed E-state index contributed by atoms with van der Waals surface area (Å²) < 4.78 is 13.0. The summed E-state index contributed by atoms with van der Waals surface area (Å²) in [4.78, 5) is 41.2. The van der Waals surface area contributed by atoms with E-state index in [1.54, 1.807) is 0 Å². The highest BCUT2D eigenvalue weighted by molar-refractivity contribution is 8.00. The highest BCUT2D eigenvalue weighted by Gasteiger charge is 2.28. The number of hydrogen-bond acceptors (Lipinski definition) is 7. The molecule has 2 amide bonds. The Kier molecular flexibility index (Phi) is 7.43. The predicted octanol–water partition coefficient (Wildman–Crippen LogP) is 4.28. The molecule has 190 valence electrons. The molecule has 5 rings (SSSR count). The summed E-state index contributed by atoms with van der Waals surface area (Å²) in [5.74, 6) is 2.43. The van der Waals surface area contributed by atoms with E-state index in [-0.39, 0.29) is 29.1 Å². The summed E-state index contributed by atoms with van der Waals surface area (Å²) in [6.45, 7) is 7.00. The van der Waals surface area contributed by atoms with Gasteiger partial charge in [0.1, 0.15) is 22.3 Å². The van der Waals surface area contributed by atoms with Crippen LogP contribution in [0.3, 0.4) is 0 Å². The van der Waals surface area contributed by atoms with Gasteiger partial charge in [0.05, 0.1) is 16.9 Å². The molecule has 10 heteroatoms. The van der Waals surface area contributed by atoms with Gasteiger partial charge in [0.15, 0.2) is 0 Å². The highest BCUT2D eigenvalue weighted by atomic mass is 32.2. The number of hydrogen-bond donors (Lipinski definition) is 1. The lowest BCUT2D eigenvalue weighted by Crippen LogP contribution is -2.49. The number of amides is 2. The van der Waals surface area contributed by atoms with E-state index < -0.39 is 0 Å². The number of nitrogens with one attached hydrogen (secondary N) is 1. The molecule has 2 aliphatic rings. The topological polar surface area (TPSA) is 78.4 Å². The fourth-order valence-electron chi connectivity index (χ4n) is 4.88. The monoisotopic (exact) mass is 527 g/mol. The first-order valence-electron chi connectivity index (χ1n) is 12.3. The Morgan fingerprint density at radius 3 is 2.64 bits per heavy atom. The van der Waals surface area contributed by atoms with Crippen LogP contribution in [0.25, 0.3) is 10.2 Å². The van der Waals surface area contributed by atoms with E-state index in [0.717, 1.165) is 42.4 Å². The van der Waals surface area contributed by atoms with Crippen molar-refractivity contribution in [3.8, 4) is 0 Å². The van der Waals surface area contributed by atoms with Crippen LogP contribution < -0.4 is 10.2 Å². The normalized spacial score (nSPS) is 17.8. The molecule has 1 aliphatic carbocycles. The lowest BCUT2D eigenvalue weighted by Gasteiger charge is -2.36. The quantitative estimate of drug-likeness (QED) is 0.516. The molecule has 1 atom stereocenters. The second-order valence-corrected chi connectivity index (χ2v) is 11.6. The number of aromatic nitrogens is 2. The lowest BCUT2D eigenvalue weighted by molar-refractivity contribution is -0.128. The predicted molar refractivity (Wildman–Crippen MR) is 144 cm³/mol. The number of rotatable bonds is 6. The Bertz CT molecular complexity index is 1270. The van der Waals surface area contributed by atoms with E-state index in [4.69, 9.17) is 9.97 Å². The van der Waals surface area contributed by atoms with Crippen LogP contribution in [-0.4, -0.2) is 64.4 Å². The Balaban J connectivity index is 1.15. The first-order valence-corrected chi connectivity index (χ1v) is 14.3. The largest absolute Gasteiger partial charge is 0.352 e. The number of piperazine rings is 1. The number of halogens is 1. The van der Waals surface area contributed by atoms with E-state index in [2.05, 4.69) is 17.1 Å². The number of aryl methyl sites for hydroxylation is 2. The molecule has 0 bridgehead atoms. The molecule has 3 heterocycles. The Labute approximate surface area is 218 Å². The average Bonchev–Trinajstić information content (AvgIpc) is 3.22. The summed E-state index contributed by atoms with van der Waals surface area (Å²) in [7, 11) is 0. The average molecular weight is 528 g/mol. The third kappa shape index (κ3) is 5.49. The molecule has 0 spiro atoms. The maximum absolute atomic E-state index is 13.0. The first-order chi connectivity index (χ1) is 17.4. The van der Waals surface area contributed by atoms with Gasteiger partial charge in [-0.15, -0.1) is 23.1 Å². The third-order valence-electron chi connectivity index (χ3n) is 6.77. The molecule has 0 radical (unpaired) electrons. The van der Waals surface area contributed by atoms with Gasteiger partial charge >= 0.3 is 0 Å². The number of carbonyl (C=O) groups is 2. The smallest absolute Gasteiger partial charge is 0.234 e. The third-order valence-corrected chi connectivity index (χ3v) is 8.83. The number of thiophene rings is 1. The number of nitrogens with zero attached hydrogens (tertiary/aromatic N) is 4. The minimum absolute atomic E-state index is 0.0418. The molecule has 7 nitrogen and oxygen atoms in total. The summed E-state index contributed by atoms with van der Waals surface area (Å²) in [6.07, 6.45) is 3.41. The molecule has 1 aliphatic heterocycles. The molecule has 0 saturated carbocycles. The van der Waals surface area contributed by atoms with Crippen LogP contribution in [-0.2, 0) is 22.4 Å². The maximum Gasteiger partial charge on any atom is 0.234 e. The van der Waals surface area contributed by atoms with Crippen molar-refractivity contribution >= 4 is 56.6 Å². The van der Waals surface area contributed by atoms with Gasteiger partial charge in [-0.25, -0.2) is 14.4 Å². The molecular weight excluding hydrogens is 497 g/mol. The van der Waals surface area contributed by atoms with Gasteiger partial charge < -0.3 is 15.1 Å². The van der Waals surface area contributed by atoms with E-state index in [1.807, 2.05) is 23.2 Å². The second-order valence-electron chi connectivity index (χ2n) is 9.54. The lowest BCUT2D eigenvalue weighted by atomic mass is 9.89. The minimum Gasteiger partial charge on any atom is -0.352 e. The number of thioether (sulfide) groups is 1. The molecule has 0 unspecified atom stereocenters. The van der Waals surface area contributed by atoms with Crippen LogP contribution in [0.2, 0.25) is 0 Å². The zero-order valence-corrected chi connectivity index (χ0v) is 22.2. The van der Waals surface area contributed by atoms with Crippen molar-refractivity contribution in [3.63, 3.8) is 0 Å². The maximum atomic E-state index is 13.0. The van der Waals surface area contributed by atoms with Crippen LogP contribution in [0, 0.1) is 18.7 Å². The van der Waals surface area contributed by atoms with E-state index in [9.17, 15) is 14.0 Å². The zero-order valence-electron chi connectivity index (χ0n) is 20.6. The SMILES string of the molecule is Cc1nc(N2CCN(C(=O)CSCC(=O)Nc3ccc(F)cc3)CC2)c2c3c(sc2n1)C[C@@H](C)CC3. The van der Waals surface area contributed by atoms with E-state index in [0.29, 0.717) is 24.7 Å². The van der Waals surface area contributed by atoms with Crippen molar-refractivity contribution in [3.05, 3.63) is 46.3 Å². The van der Waals surface area contributed by atoms with Crippen molar-refractivity contribution in [1.82, 2.24) is 14.9 Å². The molecule has 1 N–H and O–H groups in total. The van der Waals surface area contributed by atoms with Crippen LogP contribution in [0.4, 0.5) is 15.9 Å². The zero-order chi connectivity index (χ0) is 25.2. The number of fused-ring (bicyclic) bond motifs is 3. The standard InChI is InChI=1S/C26H30FN5O2S2/c1-16-3-8-20-21(13-16)36-26-24(20)25(28-17(2)29-26)32-11-9-31(10-12-32)23(34)15-35-14-22(33)30-19-6-4-18(27)5-7-19/h4-7,16H,3,8-15H2,1-2H3,(H,30,33)/t16-/m0/s1. The van der Waals surface area contributed by atoms with Gasteiger partial charge in [-0.05, 0) is 61.9 Å².